The number of rotatable bonds is 6. The molecule has 0 aliphatic rings. The normalized spacial score (nSPS) is 12.9. The number of benzene rings is 3. The summed E-state index contributed by atoms with van der Waals surface area (Å²) in [5.41, 5.74) is 3.13. The molecule has 1 heterocycles. The zero-order valence-electron chi connectivity index (χ0n) is 17.8. The average molecular weight is 540 g/mol. The van der Waals surface area contributed by atoms with Crippen LogP contribution in [0.3, 0.4) is 0 Å². The molecule has 4 aromatic rings. The molecule has 0 aliphatic carbocycles. The topological polar surface area (TPSA) is 140 Å². The summed E-state index contributed by atoms with van der Waals surface area (Å²) < 4.78 is 97.2. The van der Waals surface area contributed by atoms with Crippen LogP contribution in [0.5, 0.6) is 5.75 Å². The maximum atomic E-state index is 13.0. The fraction of sp³-hybridized carbons (Fsp3) is 0.0455. The fourth-order valence-electron chi connectivity index (χ4n) is 3.23. The van der Waals surface area contributed by atoms with Crippen LogP contribution in [0.1, 0.15) is 5.56 Å². The Morgan fingerprint density at radius 3 is 2.31 bits per heavy atom. The first-order valence-corrected chi connectivity index (χ1v) is 12.3. The van der Waals surface area contributed by atoms with Gasteiger partial charge in [-0.1, -0.05) is 18.2 Å². The molecule has 36 heavy (non-hydrogen) atoms. The molecule has 1 aromatic heterocycles. The summed E-state index contributed by atoms with van der Waals surface area (Å²) in [5, 5.41) is 0.104. The van der Waals surface area contributed by atoms with Gasteiger partial charge in [-0.25, -0.2) is 13.3 Å². The van der Waals surface area contributed by atoms with Crippen molar-refractivity contribution in [3.8, 4) is 5.75 Å². The van der Waals surface area contributed by atoms with Gasteiger partial charge in [0.15, 0.2) is 11.3 Å². The van der Waals surface area contributed by atoms with Gasteiger partial charge in [0.1, 0.15) is 10.6 Å². The molecule has 9 nitrogen and oxygen atoms in total. The first-order valence-electron chi connectivity index (χ1n) is 9.82. The third-order valence-corrected chi connectivity index (χ3v) is 6.81. The number of nitrogen functional groups attached to an aromatic ring is 1. The molecule has 3 N–H and O–H groups in total. The summed E-state index contributed by atoms with van der Waals surface area (Å²) in [6.45, 7) is 0. The van der Waals surface area contributed by atoms with E-state index in [0.29, 0.717) is 17.8 Å². The van der Waals surface area contributed by atoms with Crippen LogP contribution in [0, 0.1) is 0 Å². The molecule has 1 atom stereocenters. The predicted molar refractivity (Wildman–Crippen MR) is 126 cm³/mol. The number of para-hydroxylation sites is 1. The molecule has 0 saturated carbocycles. The van der Waals surface area contributed by atoms with Gasteiger partial charge >= 0.3 is 21.9 Å². The summed E-state index contributed by atoms with van der Waals surface area (Å²) in [5.74, 6) is -0.474. The molecular weight excluding hydrogens is 525 g/mol. The average Bonchev–Trinajstić information content (AvgIpc) is 2.80. The molecule has 0 fully saturated rings. The van der Waals surface area contributed by atoms with Gasteiger partial charge in [-0.3, -0.25) is 4.55 Å². The zero-order chi connectivity index (χ0) is 26.3. The van der Waals surface area contributed by atoms with Crippen molar-refractivity contribution in [2.45, 2.75) is 11.1 Å². The highest BCUT2D eigenvalue weighted by atomic mass is 32.2. The van der Waals surface area contributed by atoms with E-state index < -0.39 is 49.4 Å². The predicted octanol–water partition coefficient (Wildman–Crippen LogP) is 4.44. The zero-order valence-corrected chi connectivity index (χ0v) is 19.4. The van der Waals surface area contributed by atoms with Gasteiger partial charge < -0.3 is 14.3 Å². The van der Waals surface area contributed by atoms with Crippen LogP contribution in [0.2, 0.25) is 0 Å². The van der Waals surface area contributed by atoms with E-state index in [1.807, 2.05) is 0 Å². The molecule has 0 aliphatic heterocycles. The molecule has 0 radical (unpaired) electrons. The van der Waals surface area contributed by atoms with E-state index in [4.69, 9.17) is 14.3 Å². The second kappa shape index (κ2) is 9.29. The van der Waals surface area contributed by atoms with Crippen molar-refractivity contribution in [2.75, 3.05) is 10.0 Å². The lowest BCUT2D eigenvalue weighted by Crippen LogP contribution is -2.24. The molecule has 188 valence electrons. The molecule has 14 heteroatoms. The highest BCUT2D eigenvalue weighted by molar-refractivity contribution is 7.87. The number of nitrogens with zero attached hydrogens (tertiary/aromatic N) is 1. The van der Waals surface area contributed by atoms with E-state index in [1.54, 1.807) is 0 Å². The van der Waals surface area contributed by atoms with Gasteiger partial charge in [0.2, 0.25) is 0 Å². The Bertz CT molecular complexity index is 1640. The summed E-state index contributed by atoms with van der Waals surface area (Å²) in [6, 6.07) is 13.7. The van der Waals surface area contributed by atoms with Gasteiger partial charge in [-0.15, -0.1) is 0 Å². The lowest BCUT2D eigenvalue weighted by atomic mass is 10.2. The van der Waals surface area contributed by atoms with Crippen molar-refractivity contribution >= 4 is 49.4 Å². The molecule has 4 rings (SSSR count). The second-order valence-electron chi connectivity index (χ2n) is 7.27. The lowest BCUT2D eigenvalue weighted by molar-refractivity contribution is -0.137. The van der Waals surface area contributed by atoms with Gasteiger partial charge in [0.25, 0.3) is 11.3 Å². The maximum Gasteiger partial charge on any atom is 0.416 e. The largest absolute Gasteiger partial charge is 0.417 e. The minimum atomic E-state index is -4.78. The summed E-state index contributed by atoms with van der Waals surface area (Å²) in [6.07, 6.45) is -4.78. The van der Waals surface area contributed by atoms with Crippen molar-refractivity contribution in [3.05, 3.63) is 88.8 Å². The SMILES string of the molecule is Nc1ccc(N(c2cc3cccc(OS(=O)(=O)c4cccc(C(F)(F)F)c4)c3oc2=O)S(=O)O)cc1. The highest BCUT2D eigenvalue weighted by Crippen LogP contribution is 2.34. The van der Waals surface area contributed by atoms with Gasteiger partial charge in [-0.2, -0.15) is 21.6 Å². The summed E-state index contributed by atoms with van der Waals surface area (Å²) >= 11 is -2.71. The number of alkyl halides is 3. The fourth-order valence-corrected chi connectivity index (χ4v) is 4.81. The van der Waals surface area contributed by atoms with Crippen molar-refractivity contribution in [2.24, 2.45) is 0 Å². The summed E-state index contributed by atoms with van der Waals surface area (Å²) in [7, 11) is -4.76. The number of fused-ring (bicyclic) bond motifs is 1. The lowest BCUT2D eigenvalue weighted by Gasteiger charge is -2.19. The molecule has 0 amide bonds. The monoisotopic (exact) mass is 540 g/mol. The second-order valence-corrected chi connectivity index (χ2v) is 9.65. The number of halogens is 3. The molecule has 3 aromatic carbocycles. The van der Waals surface area contributed by atoms with Crippen LogP contribution in [-0.2, 0) is 27.6 Å². The summed E-state index contributed by atoms with van der Waals surface area (Å²) in [4.78, 5) is 12.0. The van der Waals surface area contributed by atoms with E-state index >= 15 is 0 Å². The van der Waals surface area contributed by atoms with E-state index in [9.17, 15) is 35.1 Å². The molecular formula is C22H15F3N2O7S2. The Hall–Kier alpha value is -3.88. The standard InChI is InChI=1S/C22H15F3N2O7S2/c23-22(24,25)14-4-2-5-17(12-14)36(31,32)34-19-6-1-3-13-11-18(21(28)33-20(13)19)27(35(29)30)16-9-7-15(26)8-10-16/h1-12H,26H2,(H,29,30). The van der Waals surface area contributed by atoms with Gasteiger partial charge in [-0.05, 0) is 54.6 Å². The van der Waals surface area contributed by atoms with E-state index in [1.165, 1.54) is 42.5 Å². The van der Waals surface area contributed by atoms with Crippen molar-refractivity contribution in [3.63, 3.8) is 0 Å². The van der Waals surface area contributed by atoms with E-state index in [0.717, 1.165) is 22.5 Å². The van der Waals surface area contributed by atoms with Crippen molar-refractivity contribution < 1.29 is 39.0 Å². The minimum Gasteiger partial charge on any atom is -0.417 e. The van der Waals surface area contributed by atoms with Crippen LogP contribution in [-0.4, -0.2) is 17.2 Å². The van der Waals surface area contributed by atoms with Crippen LogP contribution in [0.4, 0.5) is 30.2 Å². The molecule has 0 bridgehead atoms. The van der Waals surface area contributed by atoms with Crippen LogP contribution in [0.25, 0.3) is 11.0 Å². The first-order chi connectivity index (χ1) is 16.9. The van der Waals surface area contributed by atoms with Crippen molar-refractivity contribution in [1.82, 2.24) is 0 Å². The van der Waals surface area contributed by atoms with Crippen molar-refractivity contribution in [1.29, 1.82) is 0 Å². The minimum absolute atomic E-state index is 0.104. The number of anilines is 3. The smallest absolute Gasteiger partial charge is 0.416 e. The quantitative estimate of drug-likeness (QED) is 0.158. The molecule has 1 unspecified atom stereocenters. The first kappa shape index (κ1) is 25.2. The van der Waals surface area contributed by atoms with Gasteiger partial charge in [0, 0.05) is 11.1 Å². The maximum absolute atomic E-state index is 13.0. The Balaban J connectivity index is 1.78. The third-order valence-electron chi connectivity index (χ3n) is 4.86. The highest BCUT2D eigenvalue weighted by Gasteiger charge is 2.32. The Labute approximate surface area is 204 Å². The van der Waals surface area contributed by atoms with Crippen LogP contribution >= 0.6 is 0 Å². The number of nitrogens with two attached hydrogens (primary N) is 1. The Kier molecular flexibility index (Phi) is 6.51. The third kappa shape index (κ3) is 5.05. The van der Waals surface area contributed by atoms with Crippen LogP contribution < -0.4 is 19.8 Å². The Morgan fingerprint density at radius 1 is 1.00 bits per heavy atom. The molecule has 0 spiro atoms. The van der Waals surface area contributed by atoms with E-state index in [-0.39, 0.29) is 22.3 Å². The Morgan fingerprint density at radius 2 is 1.67 bits per heavy atom. The number of hydrogen-bond acceptors (Lipinski definition) is 7. The molecule has 0 saturated heterocycles. The van der Waals surface area contributed by atoms with Gasteiger partial charge in [0.05, 0.1) is 11.3 Å². The van der Waals surface area contributed by atoms with E-state index in [2.05, 4.69) is 0 Å². The van der Waals surface area contributed by atoms with Crippen LogP contribution in [0.15, 0.2) is 86.9 Å². The number of hydrogen-bond donors (Lipinski definition) is 2.